The monoisotopic (exact) mass is 383 g/mol. The predicted molar refractivity (Wildman–Crippen MR) is 111 cm³/mol. The summed E-state index contributed by atoms with van der Waals surface area (Å²) in [5.74, 6) is -1.14. The van der Waals surface area contributed by atoms with Crippen molar-refractivity contribution in [3.05, 3.63) is 59.2 Å². The summed E-state index contributed by atoms with van der Waals surface area (Å²) in [5, 5.41) is 10.6. The highest BCUT2D eigenvalue weighted by molar-refractivity contribution is 6.15. The number of anilines is 1. The smallest absolute Gasteiger partial charge is 0.338 e. The third-order valence-electron chi connectivity index (χ3n) is 4.40. The van der Waals surface area contributed by atoms with E-state index in [9.17, 15) is 14.7 Å². The lowest BCUT2D eigenvalue weighted by Crippen LogP contribution is -2.53. The lowest BCUT2D eigenvalue weighted by Gasteiger charge is -2.47. The first-order valence-corrected chi connectivity index (χ1v) is 9.23. The van der Waals surface area contributed by atoms with E-state index in [2.05, 4.69) is 46.4 Å². The van der Waals surface area contributed by atoms with E-state index in [1.807, 2.05) is 6.07 Å². The van der Waals surface area contributed by atoms with Crippen molar-refractivity contribution in [3.8, 4) is 5.75 Å². The molecule has 0 radical (unpaired) electrons. The molecule has 1 N–H and O–H groups in total. The van der Waals surface area contributed by atoms with Gasteiger partial charge in [-0.1, -0.05) is 18.2 Å². The molecule has 2 aromatic carbocycles. The number of ether oxygens (including phenoxy) is 1. The summed E-state index contributed by atoms with van der Waals surface area (Å²) in [6.07, 6.45) is 0. The van der Waals surface area contributed by atoms with Crippen LogP contribution in [0.25, 0.3) is 0 Å². The van der Waals surface area contributed by atoms with Crippen molar-refractivity contribution in [1.29, 1.82) is 0 Å². The molecule has 0 heterocycles. The maximum Gasteiger partial charge on any atom is 0.338 e. The number of phenolic OH excluding ortho intramolecular Hbond substituents is 1. The van der Waals surface area contributed by atoms with Crippen LogP contribution in [0, 0.1) is 0 Å². The van der Waals surface area contributed by atoms with Gasteiger partial charge in [0.25, 0.3) is 0 Å². The summed E-state index contributed by atoms with van der Waals surface area (Å²) in [6.45, 7) is 12.6. The normalized spacial score (nSPS) is 11.8. The van der Waals surface area contributed by atoms with Gasteiger partial charge in [0.1, 0.15) is 5.75 Å². The fourth-order valence-electron chi connectivity index (χ4n) is 3.75. The maximum atomic E-state index is 13.0. The zero-order chi connectivity index (χ0) is 21.3. The summed E-state index contributed by atoms with van der Waals surface area (Å²) in [6, 6.07) is 11.5. The highest BCUT2D eigenvalue weighted by Crippen LogP contribution is 2.35. The summed E-state index contributed by atoms with van der Waals surface area (Å²) >= 11 is 0. The van der Waals surface area contributed by atoms with Gasteiger partial charge >= 0.3 is 5.97 Å². The topological polar surface area (TPSA) is 66.8 Å². The zero-order valence-electron chi connectivity index (χ0n) is 17.7. The van der Waals surface area contributed by atoms with E-state index < -0.39 is 11.8 Å². The number of ketones is 1. The minimum atomic E-state index is -0.591. The van der Waals surface area contributed by atoms with Crippen LogP contribution in [0.4, 0.5) is 5.69 Å². The van der Waals surface area contributed by atoms with Crippen LogP contribution in [-0.4, -0.2) is 35.0 Å². The first-order valence-electron chi connectivity index (χ1n) is 9.23. The average Bonchev–Trinajstić information content (AvgIpc) is 2.58. The highest BCUT2D eigenvalue weighted by Gasteiger charge is 2.32. The van der Waals surface area contributed by atoms with Gasteiger partial charge < -0.3 is 14.7 Å². The Hall–Kier alpha value is -2.82. The van der Waals surface area contributed by atoms with Crippen LogP contribution in [0.1, 0.15) is 67.8 Å². The number of benzene rings is 2. The van der Waals surface area contributed by atoms with Gasteiger partial charge in [0, 0.05) is 28.4 Å². The third-order valence-corrected chi connectivity index (χ3v) is 4.40. The third kappa shape index (κ3) is 4.35. The number of hydrogen-bond acceptors (Lipinski definition) is 5. The largest absolute Gasteiger partial charge is 0.507 e. The molecule has 150 valence electrons. The van der Waals surface area contributed by atoms with Crippen LogP contribution < -0.4 is 4.90 Å². The standard InChI is InChI=1S/C23H29NO4/c1-22(2,3)24(23(4,5)6)15-12-13-18(19(25)14-15)20(26)16-10-8-9-11-17(16)21(27)28-7/h8-14,25H,1-7H3. The Labute approximate surface area is 166 Å². The van der Waals surface area contributed by atoms with Gasteiger partial charge in [0.2, 0.25) is 0 Å². The van der Waals surface area contributed by atoms with Gasteiger partial charge in [0.15, 0.2) is 5.78 Å². The molecule has 2 aromatic rings. The zero-order valence-corrected chi connectivity index (χ0v) is 17.7. The Balaban J connectivity index is 2.51. The molecule has 0 saturated carbocycles. The van der Waals surface area contributed by atoms with Crippen molar-refractivity contribution in [3.63, 3.8) is 0 Å². The molecular formula is C23H29NO4. The Bertz CT molecular complexity index is 874. The molecule has 0 atom stereocenters. The summed E-state index contributed by atoms with van der Waals surface area (Å²) in [4.78, 5) is 27.2. The molecule has 2 rings (SSSR count). The fourth-order valence-corrected chi connectivity index (χ4v) is 3.75. The Kier molecular flexibility index (Phi) is 5.88. The van der Waals surface area contributed by atoms with Crippen molar-refractivity contribution in [2.24, 2.45) is 0 Å². The second-order valence-electron chi connectivity index (χ2n) is 8.74. The van der Waals surface area contributed by atoms with Crippen LogP contribution in [0.2, 0.25) is 0 Å². The van der Waals surface area contributed by atoms with E-state index in [1.54, 1.807) is 30.3 Å². The van der Waals surface area contributed by atoms with Crippen LogP contribution >= 0.6 is 0 Å². The van der Waals surface area contributed by atoms with Gasteiger partial charge in [-0.15, -0.1) is 0 Å². The van der Waals surface area contributed by atoms with Crippen LogP contribution in [-0.2, 0) is 4.74 Å². The van der Waals surface area contributed by atoms with Gasteiger partial charge in [-0.25, -0.2) is 4.79 Å². The van der Waals surface area contributed by atoms with E-state index in [1.165, 1.54) is 13.2 Å². The first kappa shape index (κ1) is 21.5. The van der Waals surface area contributed by atoms with E-state index in [-0.39, 0.29) is 33.5 Å². The molecule has 0 aliphatic heterocycles. The van der Waals surface area contributed by atoms with Crippen molar-refractivity contribution in [2.45, 2.75) is 52.6 Å². The minimum absolute atomic E-state index is 0.124. The van der Waals surface area contributed by atoms with Gasteiger partial charge in [0.05, 0.1) is 18.2 Å². The second-order valence-corrected chi connectivity index (χ2v) is 8.74. The van der Waals surface area contributed by atoms with E-state index in [0.717, 1.165) is 5.69 Å². The Morgan fingerprint density at radius 2 is 1.39 bits per heavy atom. The molecule has 0 aromatic heterocycles. The van der Waals surface area contributed by atoms with Crippen molar-refractivity contribution in [2.75, 3.05) is 12.0 Å². The van der Waals surface area contributed by atoms with Crippen molar-refractivity contribution >= 4 is 17.4 Å². The number of rotatable bonds is 4. The van der Waals surface area contributed by atoms with Gasteiger partial charge in [-0.05, 0) is 59.7 Å². The Morgan fingerprint density at radius 3 is 1.86 bits per heavy atom. The minimum Gasteiger partial charge on any atom is -0.507 e. The number of methoxy groups -OCH3 is 1. The average molecular weight is 383 g/mol. The lowest BCUT2D eigenvalue weighted by molar-refractivity contribution is 0.0597. The number of esters is 1. The molecule has 5 heteroatoms. The van der Waals surface area contributed by atoms with Crippen LogP contribution in [0.5, 0.6) is 5.75 Å². The molecule has 0 saturated heterocycles. The SMILES string of the molecule is COC(=O)c1ccccc1C(=O)c1ccc(N(C(C)(C)C)C(C)(C)C)cc1O. The van der Waals surface area contributed by atoms with E-state index in [0.29, 0.717) is 0 Å². The number of phenols is 1. The van der Waals surface area contributed by atoms with Crippen molar-refractivity contribution < 1.29 is 19.4 Å². The molecule has 0 spiro atoms. The molecule has 0 bridgehead atoms. The quantitative estimate of drug-likeness (QED) is 0.606. The molecule has 0 unspecified atom stereocenters. The lowest BCUT2D eigenvalue weighted by atomic mass is 9.93. The van der Waals surface area contributed by atoms with Crippen molar-refractivity contribution in [1.82, 2.24) is 0 Å². The molecule has 0 aliphatic rings. The molecular weight excluding hydrogens is 354 g/mol. The van der Waals surface area contributed by atoms with Crippen LogP contribution in [0.3, 0.4) is 0 Å². The fraction of sp³-hybridized carbons (Fsp3) is 0.391. The summed E-state index contributed by atoms with van der Waals surface area (Å²) in [5.41, 5.74) is 0.949. The van der Waals surface area contributed by atoms with Gasteiger partial charge in [-0.2, -0.15) is 0 Å². The number of nitrogens with zero attached hydrogens (tertiary/aromatic N) is 1. The van der Waals surface area contributed by atoms with Gasteiger partial charge in [-0.3, -0.25) is 4.79 Å². The second kappa shape index (κ2) is 7.66. The number of carbonyl (C=O) groups is 2. The number of aromatic hydroxyl groups is 1. The number of carbonyl (C=O) groups excluding carboxylic acids is 2. The summed E-state index contributed by atoms with van der Waals surface area (Å²) < 4.78 is 4.76. The predicted octanol–water partition coefficient (Wildman–Crippen LogP) is 4.81. The van der Waals surface area contributed by atoms with E-state index >= 15 is 0 Å². The molecule has 28 heavy (non-hydrogen) atoms. The maximum absolute atomic E-state index is 13.0. The Morgan fingerprint density at radius 1 is 0.857 bits per heavy atom. The molecule has 0 fully saturated rings. The molecule has 5 nitrogen and oxygen atoms in total. The summed E-state index contributed by atoms with van der Waals surface area (Å²) in [7, 11) is 1.27. The first-order chi connectivity index (χ1) is 12.9. The molecule has 0 aliphatic carbocycles. The van der Waals surface area contributed by atoms with E-state index in [4.69, 9.17) is 4.74 Å². The number of hydrogen-bond donors (Lipinski definition) is 1. The molecule has 0 amide bonds. The highest BCUT2D eigenvalue weighted by atomic mass is 16.5. The van der Waals surface area contributed by atoms with Crippen LogP contribution in [0.15, 0.2) is 42.5 Å².